The van der Waals surface area contributed by atoms with Crippen molar-refractivity contribution in [1.82, 2.24) is 5.32 Å². The SMILES string of the molecule is CCCCCCCCNCCCCCCCCCCCCCCCCCCCCO. The highest BCUT2D eigenvalue weighted by Crippen LogP contribution is 2.14. The van der Waals surface area contributed by atoms with Crippen molar-refractivity contribution in [2.75, 3.05) is 19.7 Å². The van der Waals surface area contributed by atoms with Crippen LogP contribution >= 0.6 is 0 Å². The van der Waals surface area contributed by atoms with Crippen LogP contribution in [-0.4, -0.2) is 24.8 Å². The first kappa shape index (κ1) is 29.9. The molecule has 2 heteroatoms. The van der Waals surface area contributed by atoms with Gasteiger partial charge in [0.15, 0.2) is 0 Å². The van der Waals surface area contributed by atoms with Crippen LogP contribution in [0.3, 0.4) is 0 Å². The number of aliphatic hydroxyl groups excluding tert-OH is 1. The lowest BCUT2D eigenvalue weighted by Gasteiger charge is -2.05. The first-order chi connectivity index (χ1) is 14.9. The Labute approximate surface area is 191 Å². The fraction of sp³-hybridized carbons (Fsp3) is 1.00. The highest BCUT2D eigenvalue weighted by atomic mass is 16.2. The molecule has 0 radical (unpaired) electrons. The maximum absolute atomic E-state index is 8.75. The van der Waals surface area contributed by atoms with E-state index in [0.29, 0.717) is 6.61 Å². The standard InChI is InChI=1S/C28H59NO/c1-2-3-4-5-20-23-26-29-27-24-21-18-16-14-12-10-8-6-7-9-11-13-15-17-19-22-25-28-30/h29-30H,2-28H2,1H3. The molecule has 0 fully saturated rings. The minimum absolute atomic E-state index is 0.372. The fourth-order valence-electron chi connectivity index (χ4n) is 4.35. The normalized spacial score (nSPS) is 11.4. The average Bonchev–Trinajstić information content (AvgIpc) is 2.76. The smallest absolute Gasteiger partial charge is 0.0431 e. The van der Waals surface area contributed by atoms with Crippen molar-refractivity contribution in [2.45, 2.75) is 161 Å². The van der Waals surface area contributed by atoms with E-state index in [4.69, 9.17) is 5.11 Å². The monoisotopic (exact) mass is 425 g/mol. The maximum atomic E-state index is 8.75. The van der Waals surface area contributed by atoms with Crippen LogP contribution in [0.1, 0.15) is 161 Å². The summed E-state index contributed by atoms with van der Waals surface area (Å²) in [5.41, 5.74) is 0. The summed E-state index contributed by atoms with van der Waals surface area (Å²) in [5.74, 6) is 0. The van der Waals surface area contributed by atoms with Crippen LogP contribution in [0.25, 0.3) is 0 Å². The van der Waals surface area contributed by atoms with Gasteiger partial charge in [-0.3, -0.25) is 0 Å². The summed E-state index contributed by atoms with van der Waals surface area (Å²) in [5, 5.41) is 12.4. The van der Waals surface area contributed by atoms with Gasteiger partial charge in [0.05, 0.1) is 0 Å². The third kappa shape index (κ3) is 27.9. The maximum Gasteiger partial charge on any atom is 0.0431 e. The summed E-state index contributed by atoms with van der Waals surface area (Å²) >= 11 is 0. The van der Waals surface area contributed by atoms with Crippen molar-refractivity contribution >= 4 is 0 Å². The van der Waals surface area contributed by atoms with Crippen LogP contribution in [0.4, 0.5) is 0 Å². The van der Waals surface area contributed by atoms with Crippen molar-refractivity contribution in [3.63, 3.8) is 0 Å². The molecule has 0 rings (SSSR count). The van der Waals surface area contributed by atoms with Crippen LogP contribution < -0.4 is 5.32 Å². The Hall–Kier alpha value is -0.0800. The second kappa shape index (κ2) is 28.9. The van der Waals surface area contributed by atoms with Crippen LogP contribution in [0.15, 0.2) is 0 Å². The van der Waals surface area contributed by atoms with Crippen LogP contribution in [0.5, 0.6) is 0 Å². The molecule has 0 aliphatic carbocycles. The summed E-state index contributed by atoms with van der Waals surface area (Å²) < 4.78 is 0. The highest BCUT2D eigenvalue weighted by Gasteiger charge is 1.96. The Balaban J connectivity index is 2.97. The van der Waals surface area contributed by atoms with Gasteiger partial charge in [0.1, 0.15) is 0 Å². The van der Waals surface area contributed by atoms with Gasteiger partial charge in [0.2, 0.25) is 0 Å². The lowest BCUT2D eigenvalue weighted by molar-refractivity contribution is 0.282. The Bertz CT molecular complexity index is 254. The third-order valence-electron chi connectivity index (χ3n) is 6.47. The number of unbranched alkanes of at least 4 members (excludes halogenated alkanes) is 22. The first-order valence-corrected chi connectivity index (χ1v) is 14.2. The average molecular weight is 426 g/mol. The van der Waals surface area contributed by atoms with Crippen LogP contribution in [-0.2, 0) is 0 Å². The van der Waals surface area contributed by atoms with Gasteiger partial charge < -0.3 is 10.4 Å². The van der Waals surface area contributed by atoms with E-state index in [0.717, 1.165) is 6.42 Å². The first-order valence-electron chi connectivity index (χ1n) is 14.2. The Morgan fingerprint density at radius 1 is 0.367 bits per heavy atom. The molecule has 0 saturated carbocycles. The molecule has 0 saturated heterocycles. The molecule has 0 aromatic rings. The molecule has 0 aromatic carbocycles. The van der Waals surface area contributed by atoms with E-state index in [1.807, 2.05) is 0 Å². The minimum atomic E-state index is 0.372. The lowest BCUT2D eigenvalue weighted by atomic mass is 10.0. The molecule has 2 N–H and O–H groups in total. The minimum Gasteiger partial charge on any atom is -0.396 e. The number of nitrogens with one attached hydrogen (secondary N) is 1. The van der Waals surface area contributed by atoms with E-state index in [2.05, 4.69) is 12.2 Å². The van der Waals surface area contributed by atoms with Crippen molar-refractivity contribution < 1.29 is 5.11 Å². The molecule has 182 valence electrons. The summed E-state index contributed by atoms with van der Waals surface area (Å²) in [6.07, 6.45) is 33.5. The van der Waals surface area contributed by atoms with Gasteiger partial charge in [-0.1, -0.05) is 142 Å². The molecule has 0 amide bonds. The van der Waals surface area contributed by atoms with E-state index in [9.17, 15) is 0 Å². The molecule has 0 spiro atoms. The quantitative estimate of drug-likeness (QED) is 0.129. The van der Waals surface area contributed by atoms with E-state index in [1.165, 1.54) is 161 Å². The van der Waals surface area contributed by atoms with Gasteiger partial charge in [-0.25, -0.2) is 0 Å². The number of hydrogen-bond donors (Lipinski definition) is 2. The largest absolute Gasteiger partial charge is 0.396 e. The molecular weight excluding hydrogens is 366 g/mol. The van der Waals surface area contributed by atoms with Crippen molar-refractivity contribution in [3.8, 4) is 0 Å². The van der Waals surface area contributed by atoms with Crippen LogP contribution in [0.2, 0.25) is 0 Å². The molecule has 0 atom stereocenters. The summed E-state index contributed by atoms with van der Waals surface area (Å²) in [6.45, 7) is 5.13. The van der Waals surface area contributed by atoms with Crippen LogP contribution in [0, 0.1) is 0 Å². The van der Waals surface area contributed by atoms with Crippen molar-refractivity contribution in [3.05, 3.63) is 0 Å². The van der Waals surface area contributed by atoms with E-state index >= 15 is 0 Å². The number of aliphatic hydroxyl groups is 1. The molecule has 0 heterocycles. The van der Waals surface area contributed by atoms with Gasteiger partial charge in [0.25, 0.3) is 0 Å². The second-order valence-electron chi connectivity index (χ2n) is 9.61. The molecule has 0 aliphatic heterocycles. The predicted octanol–water partition coefficient (Wildman–Crippen LogP) is 8.95. The van der Waals surface area contributed by atoms with E-state index in [-0.39, 0.29) is 0 Å². The molecule has 30 heavy (non-hydrogen) atoms. The van der Waals surface area contributed by atoms with Gasteiger partial charge >= 0.3 is 0 Å². The van der Waals surface area contributed by atoms with Gasteiger partial charge in [-0.2, -0.15) is 0 Å². The molecule has 0 unspecified atom stereocenters. The van der Waals surface area contributed by atoms with E-state index < -0.39 is 0 Å². The third-order valence-corrected chi connectivity index (χ3v) is 6.47. The molecular formula is C28H59NO. The molecule has 2 nitrogen and oxygen atoms in total. The van der Waals surface area contributed by atoms with Crippen molar-refractivity contribution in [1.29, 1.82) is 0 Å². The summed E-state index contributed by atoms with van der Waals surface area (Å²) in [4.78, 5) is 0. The Morgan fingerprint density at radius 2 is 0.633 bits per heavy atom. The summed E-state index contributed by atoms with van der Waals surface area (Å²) in [6, 6.07) is 0. The Morgan fingerprint density at radius 3 is 0.933 bits per heavy atom. The van der Waals surface area contributed by atoms with Gasteiger partial charge in [-0.05, 0) is 32.4 Å². The molecule has 0 bridgehead atoms. The van der Waals surface area contributed by atoms with Crippen molar-refractivity contribution in [2.24, 2.45) is 0 Å². The number of hydrogen-bond acceptors (Lipinski definition) is 2. The predicted molar refractivity (Wildman–Crippen MR) is 136 cm³/mol. The summed E-state index contributed by atoms with van der Waals surface area (Å²) in [7, 11) is 0. The number of rotatable bonds is 27. The zero-order valence-electron chi connectivity index (χ0n) is 21.0. The fourth-order valence-corrected chi connectivity index (χ4v) is 4.35. The topological polar surface area (TPSA) is 32.3 Å². The zero-order chi connectivity index (χ0) is 21.8. The lowest BCUT2D eigenvalue weighted by Crippen LogP contribution is -2.16. The Kier molecular flexibility index (Phi) is 28.8. The highest BCUT2D eigenvalue weighted by molar-refractivity contribution is 4.53. The molecule has 0 aliphatic rings. The molecule has 0 aromatic heterocycles. The zero-order valence-corrected chi connectivity index (χ0v) is 21.0. The van der Waals surface area contributed by atoms with Gasteiger partial charge in [0, 0.05) is 6.61 Å². The van der Waals surface area contributed by atoms with Gasteiger partial charge in [-0.15, -0.1) is 0 Å². The van der Waals surface area contributed by atoms with E-state index in [1.54, 1.807) is 0 Å². The second-order valence-corrected chi connectivity index (χ2v) is 9.61.